The number of nitrogens with zero attached hydrogens (tertiary/aromatic N) is 3. The molecular formula is C15H13N5O2. The SMILES string of the molecule is Cc1cc(C2CC(=O)Nc3n[nH]c(-c4cccnc4)c32)on1. The number of hydrogen-bond donors (Lipinski definition) is 2. The van der Waals surface area contributed by atoms with Crippen molar-refractivity contribution in [1.82, 2.24) is 20.3 Å². The first-order chi connectivity index (χ1) is 10.7. The molecule has 2 N–H and O–H groups in total. The van der Waals surface area contributed by atoms with Crippen LogP contribution in [0.25, 0.3) is 11.3 Å². The first-order valence-electron chi connectivity index (χ1n) is 6.94. The van der Waals surface area contributed by atoms with Crippen LogP contribution in [-0.2, 0) is 4.79 Å². The van der Waals surface area contributed by atoms with Crippen LogP contribution in [0.4, 0.5) is 5.82 Å². The predicted octanol–water partition coefficient (Wildman–Crippen LogP) is 2.24. The molecule has 0 aromatic carbocycles. The van der Waals surface area contributed by atoms with Gasteiger partial charge in [0, 0.05) is 36.0 Å². The molecule has 1 atom stereocenters. The van der Waals surface area contributed by atoms with E-state index in [0.717, 1.165) is 22.5 Å². The highest BCUT2D eigenvalue weighted by Gasteiger charge is 2.34. The summed E-state index contributed by atoms with van der Waals surface area (Å²) < 4.78 is 5.38. The van der Waals surface area contributed by atoms with Gasteiger partial charge in [0.15, 0.2) is 5.82 Å². The molecule has 0 bridgehead atoms. The Morgan fingerprint density at radius 3 is 3.05 bits per heavy atom. The van der Waals surface area contributed by atoms with Gasteiger partial charge in [-0.2, -0.15) is 5.10 Å². The van der Waals surface area contributed by atoms with Crippen molar-refractivity contribution in [3.8, 4) is 11.3 Å². The second kappa shape index (κ2) is 4.80. The van der Waals surface area contributed by atoms with Gasteiger partial charge in [0.2, 0.25) is 5.91 Å². The van der Waals surface area contributed by atoms with E-state index < -0.39 is 0 Å². The molecule has 3 aromatic rings. The average molecular weight is 295 g/mol. The lowest BCUT2D eigenvalue weighted by atomic mass is 9.88. The van der Waals surface area contributed by atoms with E-state index in [-0.39, 0.29) is 11.8 Å². The molecule has 1 amide bonds. The molecule has 110 valence electrons. The molecule has 3 aromatic heterocycles. The van der Waals surface area contributed by atoms with Crippen LogP contribution in [0.2, 0.25) is 0 Å². The van der Waals surface area contributed by atoms with Gasteiger partial charge in [0.05, 0.1) is 17.3 Å². The lowest BCUT2D eigenvalue weighted by Crippen LogP contribution is -2.23. The maximum Gasteiger partial charge on any atom is 0.226 e. The summed E-state index contributed by atoms with van der Waals surface area (Å²) in [5.41, 5.74) is 3.44. The van der Waals surface area contributed by atoms with Gasteiger partial charge in [0.25, 0.3) is 0 Å². The summed E-state index contributed by atoms with van der Waals surface area (Å²) in [6, 6.07) is 5.66. The predicted molar refractivity (Wildman–Crippen MR) is 78.1 cm³/mol. The molecule has 7 heteroatoms. The van der Waals surface area contributed by atoms with Crippen LogP contribution in [0.1, 0.15) is 29.4 Å². The Bertz CT molecular complexity index is 837. The van der Waals surface area contributed by atoms with Crippen molar-refractivity contribution in [2.45, 2.75) is 19.3 Å². The number of amides is 1. The number of rotatable bonds is 2. The normalized spacial score (nSPS) is 17.1. The highest BCUT2D eigenvalue weighted by atomic mass is 16.5. The Hall–Kier alpha value is -2.96. The van der Waals surface area contributed by atoms with Crippen molar-refractivity contribution in [2.24, 2.45) is 0 Å². The van der Waals surface area contributed by atoms with E-state index in [1.807, 2.05) is 25.1 Å². The fraction of sp³-hybridized carbons (Fsp3) is 0.200. The van der Waals surface area contributed by atoms with Crippen LogP contribution >= 0.6 is 0 Å². The van der Waals surface area contributed by atoms with Gasteiger partial charge < -0.3 is 9.84 Å². The molecule has 4 rings (SSSR count). The zero-order valence-electron chi connectivity index (χ0n) is 11.8. The largest absolute Gasteiger partial charge is 0.360 e. The number of fused-ring (bicyclic) bond motifs is 1. The minimum absolute atomic E-state index is 0.0872. The number of nitrogens with one attached hydrogen (secondary N) is 2. The topological polar surface area (TPSA) is 96.7 Å². The van der Waals surface area contributed by atoms with Crippen molar-refractivity contribution in [2.75, 3.05) is 5.32 Å². The molecule has 1 aliphatic heterocycles. The van der Waals surface area contributed by atoms with Crippen LogP contribution in [0.5, 0.6) is 0 Å². The summed E-state index contributed by atoms with van der Waals surface area (Å²) in [6.45, 7) is 1.86. The van der Waals surface area contributed by atoms with Gasteiger partial charge in [-0.25, -0.2) is 0 Å². The molecular weight excluding hydrogens is 282 g/mol. The summed E-state index contributed by atoms with van der Waals surface area (Å²) in [5, 5.41) is 13.9. The molecule has 0 saturated carbocycles. The van der Waals surface area contributed by atoms with Crippen molar-refractivity contribution in [3.05, 3.63) is 47.6 Å². The molecule has 0 aliphatic carbocycles. The Labute approximate surface area is 125 Å². The Morgan fingerprint density at radius 2 is 2.32 bits per heavy atom. The fourth-order valence-electron chi connectivity index (χ4n) is 2.78. The summed E-state index contributed by atoms with van der Waals surface area (Å²) in [5.74, 6) is 0.906. The average Bonchev–Trinajstić information content (AvgIpc) is 3.13. The van der Waals surface area contributed by atoms with Crippen LogP contribution in [0.15, 0.2) is 35.1 Å². The van der Waals surface area contributed by atoms with Gasteiger partial charge >= 0.3 is 0 Å². The van der Waals surface area contributed by atoms with Crippen LogP contribution in [-0.4, -0.2) is 26.2 Å². The van der Waals surface area contributed by atoms with Gasteiger partial charge in [-0.1, -0.05) is 5.16 Å². The number of H-pyrrole nitrogens is 1. The standard InChI is InChI=1S/C15H13N5O2/c1-8-5-11(22-20-8)10-6-12(21)17-15-13(10)14(18-19-15)9-3-2-4-16-7-9/h2-5,7,10H,6H2,1H3,(H2,17,18,19,21). The third kappa shape index (κ3) is 1.98. The van der Waals surface area contributed by atoms with E-state index in [4.69, 9.17) is 4.52 Å². The molecule has 7 nitrogen and oxygen atoms in total. The maximum atomic E-state index is 11.9. The van der Waals surface area contributed by atoms with E-state index in [0.29, 0.717) is 18.0 Å². The van der Waals surface area contributed by atoms with E-state index in [9.17, 15) is 4.79 Å². The number of hydrogen-bond acceptors (Lipinski definition) is 5. The number of aromatic nitrogens is 4. The third-order valence-electron chi connectivity index (χ3n) is 3.74. The zero-order chi connectivity index (χ0) is 15.1. The van der Waals surface area contributed by atoms with Crippen molar-refractivity contribution < 1.29 is 9.32 Å². The summed E-state index contributed by atoms with van der Waals surface area (Å²) >= 11 is 0. The molecule has 0 radical (unpaired) electrons. The molecule has 0 saturated heterocycles. The van der Waals surface area contributed by atoms with Gasteiger partial charge in [-0.15, -0.1) is 0 Å². The Balaban J connectivity index is 1.88. The summed E-state index contributed by atoms with van der Waals surface area (Å²) in [7, 11) is 0. The number of aromatic amines is 1. The minimum atomic E-state index is -0.209. The van der Waals surface area contributed by atoms with E-state index >= 15 is 0 Å². The number of aryl methyl sites for hydroxylation is 1. The summed E-state index contributed by atoms with van der Waals surface area (Å²) in [4.78, 5) is 16.1. The van der Waals surface area contributed by atoms with Gasteiger partial charge in [0.1, 0.15) is 5.76 Å². The number of carbonyl (C=O) groups is 1. The van der Waals surface area contributed by atoms with Crippen LogP contribution < -0.4 is 5.32 Å². The van der Waals surface area contributed by atoms with Crippen molar-refractivity contribution in [3.63, 3.8) is 0 Å². The lowest BCUT2D eigenvalue weighted by Gasteiger charge is -2.20. The van der Waals surface area contributed by atoms with Crippen molar-refractivity contribution >= 4 is 11.7 Å². The highest BCUT2D eigenvalue weighted by molar-refractivity contribution is 5.95. The number of pyridine rings is 1. The highest BCUT2D eigenvalue weighted by Crippen LogP contribution is 2.41. The zero-order valence-corrected chi connectivity index (χ0v) is 11.8. The maximum absolute atomic E-state index is 11.9. The van der Waals surface area contributed by atoms with Crippen LogP contribution in [0.3, 0.4) is 0 Å². The van der Waals surface area contributed by atoms with Gasteiger partial charge in [-0.3, -0.25) is 14.9 Å². The van der Waals surface area contributed by atoms with E-state index in [2.05, 4.69) is 25.7 Å². The minimum Gasteiger partial charge on any atom is -0.360 e. The lowest BCUT2D eigenvalue weighted by molar-refractivity contribution is -0.116. The molecule has 22 heavy (non-hydrogen) atoms. The second-order valence-electron chi connectivity index (χ2n) is 5.28. The fourth-order valence-corrected chi connectivity index (χ4v) is 2.78. The number of carbonyl (C=O) groups excluding carboxylic acids is 1. The quantitative estimate of drug-likeness (QED) is 0.755. The Morgan fingerprint density at radius 1 is 1.41 bits per heavy atom. The van der Waals surface area contributed by atoms with E-state index in [1.165, 1.54) is 0 Å². The first kappa shape index (κ1) is 12.8. The van der Waals surface area contributed by atoms with Crippen LogP contribution in [0, 0.1) is 6.92 Å². The molecule has 0 fully saturated rings. The number of anilines is 1. The second-order valence-corrected chi connectivity index (χ2v) is 5.28. The first-order valence-corrected chi connectivity index (χ1v) is 6.94. The Kier molecular flexibility index (Phi) is 2.78. The molecule has 1 aliphatic rings. The molecule has 4 heterocycles. The smallest absolute Gasteiger partial charge is 0.226 e. The summed E-state index contributed by atoms with van der Waals surface area (Å²) in [6.07, 6.45) is 3.77. The van der Waals surface area contributed by atoms with E-state index in [1.54, 1.807) is 12.4 Å². The van der Waals surface area contributed by atoms with Gasteiger partial charge in [-0.05, 0) is 19.1 Å². The molecule has 0 spiro atoms. The molecule has 1 unspecified atom stereocenters. The monoisotopic (exact) mass is 295 g/mol. The van der Waals surface area contributed by atoms with Crippen molar-refractivity contribution in [1.29, 1.82) is 0 Å². The third-order valence-corrected chi connectivity index (χ3v) is 3.74.